The van der Waals surface area contributed by atoms with E-state index in [1.807, 2.05) is 12.1 Å². The molecule has 0 fully saturated rings. The van der Waals surface area contributed by atoms with Gasteiger partial charge >= 0.3 is 5.97 Å². The molecular formula is C19H33N3O2. The van der Waals surface area contributed by atoms with Crippen molar-refractivity contribution >= 4 is 23.0 Å². The average Bonchev–Trinajstić information content (AvgIpc) is 2.58. The van der Waals surface area contributed by atoms with Gasteiger partial charge in [0, 0.05) is 45.0 Å². The van der Waals surface area contributed by atoms with Crippen molar-refractivity contribution in [3.63, 3.8) is 0 Å². The minimum atomic E-state index is -0.857. The maximum atomic E-state index is 12.1. The van der Waals surface area contributed by atoms with E-state index in [2.05, 4.69) is 56.2 Å². The van der Waals surface area contributed by atoms with Gasteiger partial charge in [-0.1, -0.05) is 0 Å². The Balaban J connectivity index is 3.72. The van der Waals surface area contributed by atoms with E-state index in [4.69, 9.17) is 0 Å². The number of aromatic carboxylic acids is 1. The van der Waals surface area contributed by atoms with Gasteiger partial charge in [0.25, 0.3) is 0 Å². The summed E-state index contributed by atoms with van der Waals surface area (Å²) in [7, 11) is 0. The Kier molecular flexibility index (Phi) is 7.89. The normalized spacial score (nSPS) is 10.6. The number of nitrogens with zero attached hydrogens (tertiary/aromatic N) is 3. The lowest BCUT2D eigenvalue weighted by molar-refractivity contribution is 0.0698. The molecule has 5 nitrogen and oxygen atoms in total. The third kappa shape index (κ3) is 4.13. The summed E-state index contributed by atoms with van der Waals surface area (Å²) in [5.41, 5.74) is 3.14. The summed E-state index contributed by atoms with van der Waals surface area (Å²) in [6, 6.07) is 4.08. The van der Waals surface area contributed by atoms with E-state index in [1.54, 1.807) is 0 Å². The first-order valence-electron chi connectivity index (χ1n) is 9.14. The van der Waals surface area contributed by atoms with Gasteiger partial charge in [-0.2, -0.15) is 0 Å². The third-order valence-corrected chi connectivity index (χ3v) is 4.63. The fourth-order valence-corrected chi connectivity index (χ4v) is 3.22. The molecule has 1 N–H and O–H groups in total. The summed E-state index contributed by atoms with van der Waals surface area (Å²) in [6.07, 6.45) is 0. The molecule has 1 aromatic carbocycles. The lowest BCUT2D eigenvalue weighted by atomic mass is 10.1. The number of anilines is 3. The lowest BCUT2D eigenvalue weighted by Gasteiger charge is -2.32. The number of hydrogen-bond acceptors (Lipinski definition) is 4. The van der Waals surface area contributed by atoms with E-state index in [9.17, 15) is 9.90 Å². The number of carboxylic acid groups (broad SMARTS) is 1. The molecule has 0 saturated heterocycles. The molecule has 1 aromatic rings. The Morgan fingerprint density at radius 1 is 0.750 bits per heavy atom. The maximum Gasteiger partial charge on any atom is 0.339 e. The van der Waals surface area contributed by atoms with Crippen molar-refractivity contribution in [3.8, 4) is 0 Å². The van der Waals surface area contributed by atoms with Crippen molar-refractivity contribution in [1.82, 2.24) is 0 Å². The summed E-state index contributed by atoms with van der Waals surface area (Å²) in [5, 5.41) is 9.90. The van der Waals surface area contributed by atoms with Crippen molar-refractivity contribution in [1.29, 1.82) is 0 Å². The number of rotatable bonds is 10. The second-order valence-electron chi connectivity index (χ2n) is 5.68. The van der Waals surface area contributed by atoms with Gasteiger partial charge in [-0.25, -0.2) is 4.79 Å². The molecule has 0 amide bonds. The quantitative estimate of drug-likeness (QED) is 0.702. The fraction of sp³-hybridized carbons (Fsp3) is 0.632. The number of benzene rings is 1. The zero-order valence-electron chi connectivity index (χ0n) is 16.1. The van der Waals surface area contributed by atoms with Crippen LogP contribution < -0.4 is 14.7 Å². The van der Waals surface area contributed by atoms with Gasteiger partial charge in [0.05, 0.1) is 11.4 Å². The molecule has 5 heteroatoms. The number of carbonyl (C=O) groups is 1. The summed E-state index contributed by atoms with van der Waals surface area (Å²) >= 11 is 0. The molecule has 0 unspecified atom stereocenters. The predicted molar refractivity (Wildman–Crippen MR) is 104 cm³/mol. The third-order valence-electron chi connectivity index (χ3n) is 4.63. The van der Waals surface area contributed by atoms with Crippen LogP contribution in [-0.2, 0) is 0 Å². The molecule has 0 radical (unpaired) electrons. The van der Waals surface area contributed by atoms with Crippen LogP contribution in [0, 0.1) is 0 Å². The molecule has 24 heavy (non-hydrogen) atoms. The number of carboxylic acids is 1. The Hall–Kier alpha value is -1.91. The molecule has 136 valence electrons. The smallest absolute Gasteiger partial charge is 0.339 e. The van der Waals surface area contributed by atoms with Crippen LogP contribution in [0.2, 0.25) is 0 Å². The van der Waals surface area contributed by atoms with Gasteiger partial charge in [-0.3, -0.25) is 0 Å². The van der Waals surface area contributed by atoms with Crippen LogP contribution >= 0.6 is 0 Å². The van der Waals surface area contributed by atoms with E-state index in [1.165, 1.54) is 0 Å². The molecule has 0 bridgehead atoms. The van der Waals surface area contributed by atoms with E-state index >= 15 is 0 Å². The van der Waals surface area contributed by atoms with E-state index in [0.29, 0.717) is 5.56 Å². The standard InChI is InChI=1S/C19H33N3O2/c1-7-20(8-2)15-13-16(21(9-3)10-4)18(19(23)24)17(14-15)22(11-5)12-6/h13-14H,7-12H2,1-6H3,(H,23,24). The molecule has 0 aromatic heterocycles. The highest BCUT2D eigenvalue weighted by Gasteiger charge is 2.24. The van der Waals surface area contributed by atoms with Gasteiger partial charge in [-0.05, 0) is 53.7 Å². The zero-order chi connectivity index (χ0) is 18.3. The highest BCUT2D eigenvalue weighted by Crippen LogP contribution is 2.36. The van der Waals surface area contributed by atoms with E-state index < -0.39 is 5.97 Å². The second-order valence-corrected chi connectivity index (χ2v) is 5.68. The molecule has 0 atom stereocenters. The summed E-state index contributed by atoms with van der Waals surface area (Å²) in [6.45, 7) is 17.5. The Morgan fingerprint density at radius 2 is 1.08 bits per heavy atom. The SMILES string of the molecule is CCN(CC)c1cc(N(CC)CC)c(C(=O)O)c(N(CC)CC)c1. The Morgan fingerprint density at radius 3 is 1.33 bits per heavy atom. The maximum absolute atomic E-state index is 12.1. The molecule has 0 aliphatic heterocycles. The minimum Gasteiger partial charge on any atom is -0.478 e. The van der Waals surface area contributed by atoms with Crippen molar-refractivity contribution in [3.05, 3.63) is 17.7 Å². The van der Waals surface area contributed by atoms with Gasteiger partial charge in [0.2, 0.25) is 0 Å². The zero-order valence-corrected chi connectivity index (χ0v) is 16.1. The van der Waals surface area contributed by atoms with Crippen LogP contribution in [0.1, 0.15) is 51.9 Å². The molecular weight excluding hydrogens is 302 g/mol. The highest BCUT2D eigenvalue weighted by atomic mass is 16.4. The summed E-state index contributed by atoms with van der Waals surface area (Å²) in [5.74, 6) is -0.857. The molecule has 0 spiro atoms. The van der Waals surface area contributed by atoms with Crippen molar-refractivity contribution in [2.75, 3.05) is 54.0 Å². The summed E-state index contributed by atoms with van der Waals surface area (Å²) < 4.78 is 0. The highest BCUT2D eigenvalue weighted by molar-refractivity contribution is 6.02. The van der Waals surface area contributed by atoms with E-state index in [0.717, 1.165) is 56.3 Å². The molecule has 0 heterocycles. The fourth-order valence-electron chi connectivity index (χ4n) is 3.22. The van der Waals surface area contributed by atoms with Crippen LogP contribution in [0.4, 0.5) is 17.1 Å². The number of hydrogen-bond donors (Lipinski definition) is 1. The Labute approximate surface area is 146 Å². The van der Waals surface area contributed by atoms with Crippen LogP contribution in [-0.4, -0.2) is 50.3 Å². The lowest BCUT2D eigenvalue weighted by Crippen LogP contribution is -2.30. The van der Waals surface area contributed by atoms with Gasteiger partial charge in [-0.15, -0.1) is 0 Å². The first-order chi connectivity index (χ1) is 11.5. The Bertz CT molecular complexity index is 500. The monoisotopic (exact) mass is 335 g/mol. The van der Waals surface area contributed by atoms with Gasteiger partial charge < -0.3 is 19.8 Å². The van der Waals surface area contributed by atoms with Crippen molar-refractivity contribution in [2.45, 2.75) is 41.5 Å². The summed E-state index contributed by atoms with van der Waals surface area (Å²) in [4.78, 5) is 18.6. The van der Waals surface area contributed by atoms with Gasteiger partial charge in [0.1, 0.15) is 5.56 Å². The molecule has 0 aliphatic rings. The second kappa shape index (κ2) is 9.40. The first kappa shape index (κ1) is 20.1. The van der Waals surface area contributed by atoms with E-state index in [-0.39, 0.29) is 0 Å². The predicted octanol–water partition coefficient (Wildman–Crippen LogP) is 3.92. The topological polar surface area (TPSA) is 47.0 Å². The van der Waals surface area contributed by atoms with Crippen LogP contribution in [0.3, 0.4) is 0 Å². The van der Waals surface area contributed by atoms with Crippen LogP contribution in [0.15, 0.2) is 12.1 Å². The van der Waals surface area contributed by atoms with Crippen LogP contribution in [0.25, 0.3) is 0 Å². The largest absolute Gasteiger partial charge is 0.478 e. The molecule has 0 aliphatic carbocycles. The molecule has 1 rings (SSSR count). The molecule has 0 saturated carbocycles. The van der Waals surface area contributed by atoms with Crippen molar-refractivity contribution in [2.24, 2.45) is 0 Å². The van der Waals surface area contributed by atoms with Crippen LogP contribution in [0.5, 0.6) is 0 Å². The average molecular weight is 335 g/mol. The minimum absolute atomic E-state index is 0.415. The first-order valence-corrected chi connectivity index (χ1v) is 9.14. The van der Waals surface area contributed by atoms with Gasteiger partial charge in [0.15, 0.2) is 0 Å². The van der Waals surface area contributed by atoms with Crippen molar-refractivity contribution < 1.29 is 9.90 Å².